The van der Waals surface area contributed by atoms with Gasteiger partial charge >= 0.3 is 0 Å². The molecule has 1 N–H and O–H groups in total. The van der Waals surface area contributed by atoms with Gasteiger partial charge in [-0.1, -0.05) is 12.1 Å². The molecule has 80 valence electrons. The zero-order valence-corrected chi connectivity index (χ0v) is 8.48. The van der Waals surface area contributed by atoms with Crippen LogP contribution in [0, 0.1) is 0 Å². The number of rotatable bonds is 4. The van der Waals surface area contributed by atoms with E-state index in [9.17, 15) is 4.79 Å². The average Bonchev–Trinajstić information content (AvgIpc) is 2.30. The average molecular weight is 206 g/mol. The molecule has 1 aliphatic heterocycles. The fourth-order valence-corrected chi connectivity index (χ4v) is 1.79. The van der Waals surface area contributed by atoms with Gasteiger partial charge in [0.15, 0.2) is 0 Å². The molecule has 4 heteroatoms. The number of fused-ring (bicyclic) bond motifs is 1. The van der Waals surface area contributed by atoms with E-state index in [-0.39, 0.29) is 0 Å². The maximum Gasteiger partial charge on any atom is 0.293 e. The van der Waals surface area contributed by atoms with E-state index in [4.69, 9.17) is 4.74 Å². The molecule has 0 aromatic heterocycles. The molecule has 0 saturated carbocycles. The highest BCUT2D eigenvalue weighted by Gasteiger charge is 2.14. The minimum absolute atomic E-state index is 0.442. The second-order valence-electron chi connectivity index (χ2n) is 3.40. The first-order valence-corrected chi connectivity index (χ1v) is 5.05. The third-order valence-electron chi connectivity index (χ3n) is 2.49. The van der Waals surface area contributed by atoms with Crippen molar-refractivity contribution in [2.24, 2.45) is 0 Å². The summed E-state index contributed by atoms with van der Waals surface area (Å²) in [6, 6.07) is 8.15. The van der Waals surface area contributed by atoms with E-state index >= 15 is 0 Å². The van der Waals surface area contributed by atoms with Crippen LogP contribution >= 0.6 is 0 Å². The predicted octanol–water partition coefficient (Wildman–Crippen LogP) is 1.09. The molecule has 4 nitrogen and oxygen atoms in total. The van der Waals surface area contributed by atoms with Crippen molar-refractivity contribution >= 4 is 17.8 Å². The summed E-state index contributed by atoms with van der Waals surface area (Å²) in [6.45, 7) is 3.56. The third kappa shape index (κ3) is 2.21. The van der Waals surface area contributed by atoms with Crippen molar-refractivity contribution in [1.29, 1.82) is 0 Å². The second kappa shape index (κ2) is 4.68. The number of nitrogens with zero attached hydrogens (tertiary/aromatic N) is 1. The highest BCUT2D eigenvalue weighted by Crippen LogP contribution is 2.27. The van der Waals surface area contributed by atoms with E-state index in [2.05, 4.69) is 22.3 Å². The Morgan fingerprint density at radius 2 is 2.33 bits per heavy atom. The third-order valence-corrected chi connectivity index (χ3v) is 2.49. The minimum atomic E-state index is 0.442. The van der Waals surface area contributed by atoms with Crippen LogP contribution in [0.4, 0.5) is 11.4 Å². The first-order valence-electron chi connectivity index (χ1n) is 5.05. The Labute approximate surface area is 88.8 Å². The molecule has 0 aliphatic carbocycles. The highest BCUT2D eigenvalue weighted by molar-refractivity contribution is 5.71. The van der Waals surface area contributed by atoms with Crippen LogP contribution in [-0.4, -0.2) is 32.7 Å². The molecule has 0 amide bonds. The minimum Gasteiger partial charge on any atom is -0.466 e. The lowest BCUT2D eigenvalue weighted by Crippen LogP contribution is -2.36. The van der Waals surface area contributed by atoms with Gasteiger partial charge in [0, 0.05) is 13.1 Å². The second-order valence-corrected chi connectivity index (χ2v) is 3.40. The zero-order valence-electron chi connectivity index (χ0n) is 8.48. The predicted molar refractivity (Wildman–Crippen MR) is 59.2 cm³/mol. The van der Waals surface area contributed by atoms with Crippen molar-refractivity contribution in [2.75, 3.05) is 36.5 Å². The lowest BCUT2D eigenvalue weighted by molar-refractivity contribution is -0.128. The van der Waals surface area contributed by atoms with Crippen LogP contribution in [0.3, 0.4) is 0 Å². The SMILES string of the molecule is O=COCCN1CCNc2ccccc21. The van der Waals surface area contributed by atoms with Crippen molar-refractivity contribution in [1.82, 2.24) is 0 Å². The quantitative estimate of drug-likeness (QED) is 0.591. The summed E-state index contributed by atoms with van der Waals surface area (Å²) in [4.78, 5) is 12.3. The number of para-hydroxylation sites is 2. The van der Waals surface area contributed by atoms with Gasteiger partial charge in [0.1, 0.15) is 6.61 Å². The summed E-state index contributed by atoms with van der Waals surface area (Å²) < 4.78 is 4.71. The van der Waals surface area contributed by atoms with Crippen LogP contribution in [0.1, 0.15) is 0 Å². The highest BCUT2D eigenvalue weighted by atomic mass is 16.5. The summed E-state index contributed by atoms with van der Waals surface area (Å²) in [7, 11) is 0. The van der Waals surface area contributed by atoms with Crippen LogP contribution in [0.5, 0.6) is 0 Å². The van der Waals surface area contributed by atoms with Crippen LogP contribution in [-0.2, 0) is 9.53 Å². The van der Waals surface area contributed by atoms with Crippen molar-refractivity contribution < 1.29 is 9.53 Å². The summed E-state index contributed by atoms with van der Waals surface area (Å²) in [5.74, 6) is 0. The molecule has 0 spiro atoms. The van der Waals surface area contributed by atoms with Crippen molar-refractivity contribution in [3.63, 3.8) is 0 Å². The van der Waals surface area contributed by atoms with E-state index in [1.54, 1.807) is 0 Å². The summed E-state index contributed by atoms with van der Waals surface area (Å²) in [6.07, 6.45) is 0. The maximum absolute atomic E-state index is 10.0. The van der Waals surface area contributed by atoms with Gasteiger partial charge in [-0.3, -0.25) is 4.79 Å². The number of carbonyl (C=O) groups is 1. The van der Waals surface area contributed by atoms with Gasteiger partial charge in [0.2, 0.25) is 0 Å². The van der Waals surface area contributed by atoms with Crippen molar-refractivity contribution in [3.8, 4) is 0 Å². The fourth-order valence-electron chi connectivity index (χ4n) is 1.79. The molecular weight excluding hydrogens is 192 g/mol. The van der Waals surface area contributed by atoms with Crippen molar-refractivity contribution in [3.05, 3.63) is 24.3 Å². The van der Waals surface area contributed by atoms with Gasteiger partial charge in [-0.2, -0.15) is 0 Å². The Kier molecular flexibility index (Phi) is 3.07. The lowest BCUT2D eigenvalue weighted by atomic mass is 10.2. The number of carbonyl (C=O) groups excluding carboxylic acids is 1. The van der Waals surface area contributed by atoms with E-state index in [1.807, 2.05) is 12.1 Å². The van der Waals surface area contributed by atoms with E-state index in [1.165, 1.54) is 5.69 Å². The first-order chi connectivity index (χ1) is 7.42. The number of ether oxygens (including phenoxy) is 1. The van der Waals surface area contributed by atoms with Crippen LogP contribution in [0.15, 0.2) is 24.3 Å². The smallest absolute Gasteiger partial charge is 0.293 e. The van der Waals surface area contributed by atoms with E-state index in [0.717, 1.165) is 25.3 Å². The number of anilines is 2. The monoisotopic (exact) mass is 206 g/mol. The number of hydrogen-bond acceptors (Lipinski definition) is 4. The van der Waals surface area contributed by atoms with Crippen LogP contribution < -0.4 is 10.2 Å². The van der Waals surface area contributed by atoms with Gasteiger partial charge in [0.05, 0.1) is 17.9 Å². The summed E-state index contributed by atoms with van der Waals surface area (Å²) >= 11 is 0. The standard InChI is InChI=1S/C11H14N2O2/c14-9-15-8-7-13-6-5-12-10-3-1-2-4-11(10)13/h1-4,9,12H,5-8H2. The first kappa shape index (κ1) is 9.83. The van der Waals surface area contributed by atoms with E-state index < -0.39 is 0 Å². The molecule has 1 heterocycles. The molecule has 0 fully saturated rings. The largest absolute Gasteiger partial charge is 0.466 e. The maximum atomic E-state index is 10.0. The molecule has 0 bridgehead atoms. The number of nitrogens with one attached hydrogen (secondary N) is 1. The molecule has 2 rings (SSSR count). The Balaban J connectivity index is 2.05. The molecule has 15 heavy (non-hydrogen) atoms. The Hall–Kier alpha value is -1.71. The van der Waals surface area contributed by atoms with Crippen LogP contribution in [0.25, 0.3) is 0 Å². The van der Waals surface area contributed by atoms with Gasteiger partial charge in [0.25, 0.3) is 6.47 Å². The molecular formula is C11H14N2O2. The summed E-state index contributed by atoms with van der Waals surface area (Å²) in [5.41, 5.74) is 2.33. The zero-order chi connectivity index (χ0) is 10.5. The Morgan fingerprint density at radius 3 is 3.20 bits per heavy atom. The molecule has 1 aliphatic rings. The van der Waals surface area contributed by atoms with Gasteiger partial charge in [-0.25, -0.2) is 0 Å². The van der Waals surface area contributed by atoms with Crippen LogP contribution in [0.2, 0.25) is 0 Å². The molecule has 0 radical (unpaired) electrons. The van der Waals surface area contributed by atoms with Gasteiger partial charge in [-0.15, -0.1) is 0 Å². The Morgan fingerprint density at radius 1 is 1.47 bits per heavy atom. The van der Waals surface area contributed by atoms with Gasteiger partial charge < -0.3 is 15.0 Å². The normalized spacial score (nSPS) is 14.0. The number of benzene rings is 1. The molecule has 0 saturated heterocycles. The van der Waals surface area contributed by atoms with Gasteiger partial charge in [-0.05, 0) is 12.1 Å². The van der Waals surface area contributed by atoms with E-state index in [0.29, 0.717) is 13.1 Å². The number of hydrogen-bond donors (Lipinski definition) is 1. The topological polar surface area (TPSA) is 41.6 Å². The summed E-state index contributed by atoms with van der Waals surface area (Å²) in [5, 5.41) is 3.33. The molecule has 1 aromatic rings. The fraction of sp³-hybridized carbons (Fsp3) is 0.364. The van der Waals surface area contributed by atoms with Crippen molar-refractivity contribution in [2.45, 2.75) is 0 Å². The Bertz CT molecular complexity index is 341. The lowest BCUT2D eigenvalue weighted by Gasteiger charge is -2.31. The molecule has 0 unspecified atom stereocenters. The molecule has 1 aromatic carbocycles. The molecule has 0 atom stereocenters.